The van der Waals surface area contributed by atoms with Crippen molar-refractivity contribution in [2.75, 3.05) is 0 Å². The van der Waals surface area contributed by atoms with Gasteiger partial charge in [-0.05, 0) is 20.8 Å². The van der Waals surface area contributed by atoms with Crippen LogP contribution in [0.2, 0.25) is 0 Å². The van der Waals surface area contributed by atoms with Crippen molar-refractivity contribution in [3.05, 3.63) is 28.1 Å². The predicted molar refractivity (Wildman–Crippen MR) is 52.6 cm³/mol. The Labute approximate surface area is 86.4 Å². The summed E-state index contributed by atoms with van der Waals surface area (Å²) in [5.41, 5.74) is -1.07. The number of H-pyrrole nitrogens is 1. The molecule has 6 heteroatoms. The molecule has 0 spiro atoms. The highest BCUT2D eigenvalue weighted by molar-refractivity contribution is 5.92. The summed E-state index contributed by atoms with van der Waals surface area (Å²) in [6.07, 6.45) is 1.33. The SMILES string of the molecule is CC(C)(C)OC(=O)c1[nH]ccc1[N+](=O)[O-]. The summed E-state index contributed by atoms with van der Waals surface area (Å²) < 4.78 is 5.00. The van der Waals surface area contributed by atoms with E-state index >= 15 is 0 Å². The number of rotatable bonds is 2. The molecule has 0 aliphatic carbocycles. The van der Waals surface area contributed by atoms with Crippen molar-refractivity contribution in [1.82, 2.24) is 4.98 Å². The summed E-state index contributed by atoms with van der Waals surface area (Å²) in [4.78, 5) is 23.9. The molecule has 1 aromatic heterocycles. The number of ether oxygens (including phenoxy) is 1. The Balaban J connectivity index is 2.92. The molecule has 0 aliphatic rings. The maximum Gasteiger partial charge on any atom is 0.362 e. The van der Waals surface area contributed by atoms with Crippen LogP contribution in [-0.2, 0) is 4.74 Å². The fourth-order valence-electron chi connectivity index (χ4n) is 1.01. The third-order valence-corrected chi connectivity index (χ3v) is 1.52. The molecule has 1 rings (SSSR count). The Bertz CT molecular complexity index is 389. The second-order valence-corrected chi connectivity index (χ2v) is 4.00. The van der Waals surface area contributed by atoms with Gasteiger partial charge in [0.25, 0.3) is 0 Å². The van der Waals surface area contributed by atoms with E-state index in [4.69, 9.17) is 4.74 Å². The molecule has 0 radical (unpaired) electrons. The van der Waals surface area contributed by atoms with Crippen LogP contribution in [0.25, 0.3) is 0 Å². The van der Waals surface area contributed by atoms with Crippen LogP contribution in [0.3, 0.4) is 0 Å². The highest BCUT2D eigenvalue weighted by Gasteiger charge is 2.26. The largest absolute Gasteiger partial charge is 0.455 e. The summed E-state index contributed by atoms with van der Waals surface area (Å²) in [7, 11) is 0. The lowest BCUT2D eigenvalue weighted by Crippen LogP contribution is -2.24. The van der Waals surface area contributed by atoms with Gasteiger partial charge in [-0.25, -0.2) is 4.79 Å². The van der Waals surface area contributed by atoms with Gasteiger partial charge in [-0.3, -0.25) is 10.1 Å². The third kappa shape index (κ3) is 2.80. The topological polar surface area (TPSA) is 85.2 Å². The number of carbonyl (C=O) groups is 1. The number of nitrogens with zero attached hydrogens (tertiary/aromatic N) is 1. The van der Waals surface area contributed by atoms with E-state index in [1.807, 2.05) is 0 Å². The number of carbonyl (C=O) groups excluding carboxylic acids is 1. The van der Waals surface area contributed by atoms with Crippen LogP contribution in [0.4, 0.5) is 5.69 Å². The minimum atomic E-state index is -0.723. The molecular formula is C9H12N2O4. The van der Waals surface area contributed by atoms with Crippen molar-refractivity contribution in [3.8, 4) is 0 Å². The minimum Gasteiger partial charge on any atom is -0.455 e. The van der Waals surface area contributed by atoms with Gasteiger partial charge < -0.3 is 9.72 Å². The molecule has 0 bridgehead atoms. The smallest absolute Gasteiger partial charge is 0.362 e. The van der Waals surface area contributed by atoms with E-state index in [1.165, 1.54) is 12.3 Å². The molecule has 15 heavy (non-hydrogen) atoms. The Hall–Kier alpha value is -1.85. The van der Waals surface area contributed by atoms with Gasteiger partial charge in [0.05, 0.1) is 4.92 Å². The maximum absolute atomic E-state index is 11.5. The lowest BCUT2D eigenvalue weighted by Gasteiger charge is -2.18. The molecule has 82 valence electrons. The first kappa shape index (κ1) is 11.2. The summed E-state index contributed by atoms with van der Waals surface area (Å²) in [5.74, 6) is -0.723. The summed E-state index contributed by atoms with van der Waals surface area (Å²) >= 11 is 0. The van der Waals surface area contributed by atoms with Gasteiger partial charge in [-0.15, -0.1) is 0 Å². The molecule has 0 atom stereocenters. The summed E-state index contributed by atoms with van der Waals surface area (Å²) in [6.45, 7) is 5.08. The van der Waals surface area contributed by atoms with Crippen LogP contribution in [-0.4, -0.2) is 21.5 Å². The number of hydrogen-bond acceptors (Lipinski definition) is 4. The zero-order valence-corrected chi connectivity index (χ0v) is 8.73. The van der Waals surface area contributed by atoms with E-state index < -0.39 is 16.5 Å². The number of nitro groups is 1. The number of aromatic nitrogens is 1. The van der Waals surface area contributed by atoms with Crippen molar-refractivity contribution >= 4 is 11.7 Å². The number of aromatic amines is 1. The van der Waals surface area contributed by atoms with Crippen LogP contribution >= 0.6 is 0 Å². The molecule has 0 saturated heterocycles. The normalized spacial score (nSPS) is 11.1. The minimum absolute atomic E-state index is 0.130. The Kier molecular flexibility index (Phi) is 2.78. The molecule has 6 nitrogen and oxygen atoms in total. The maximum atomic E-state index is 11.5. The van der Waals surface area contributed by atoms with Crippen LogP contribution in [0.15, 0.2) is 12.3 Å². The first-order valence-electron chi connectivity index (χ1n) is 4.36. The van der Waals surface area contributed by atoms with Crippen molar-refractivity contribution in [2.24, 2.45) is 0 Å². The number of nitrogens with one attached hydrogen (secondary N) is 1. The van der Waals surface area contributed by atoms with Crippen molar-refractivity contribution in [1.29, 1.82) is 0 Å². The molecule has 0 fully saturated rings. The zero-order valence-electron chi connectivity index (χ0n) is 8.73. The average molecular weight is 212 g/mol. The van der Waals surface area contributed by atoms with E-state index in [9.17, 15) is 14.9 Å². The Morgan fingerprint density at radius 1 is 1.53 bits per heavy atom. The van der Waals surface area contributed by atoms with Crippen LogP contribution in [0.5, 0.6) is 0 Å². The third-order valence-electron chi connectivity index (χ3n) is 1.52. The highest BCUT2D eigenvalue weighted by atomic mass is 16.6. The first-order valence-corrected chi connectivity index (χ1v) is 4.36. The number of hydrogen-bond donors (Lipinski definition) is 1. The van der Waals surface area contributed by atoms with Crippen LogP contribution in [0.1, 0.15) is 31.3 Å². The van der Waals surface area contributed by atoms with Gasteiger partial charge in [-0.2, -0.15) is 0 Å². The molecule has 0 amide bonds. The number of esters is 1. The first-order chi connectivity index (χ1) is 6.81. The molecular weight excluding hydrogens is 200 g/mol. The van der Waals surface area contributed by atoms with Gasteiger partial charge in [0.1, 0.15) is 5.60 Å². The molecule has 0 aromatic carbocycles. The Morgan fingerprint density at radius 3 is 2.60 bits per heavy atom. The lowest BCUT2D eigenvalue weighted by atomic mass is 10.2. The second kappa shape index (κ2) is 3.72. The highest BCUT2D eigenvalue weighted by Crippen LogP contribution is 2.19. The van der Waals surface area contributed by atoms with Gasteiger partial charge in [-0.1, -0.05) is 0 Å². The second-order valence-electron chi connectivity index (χ2n) is 4.00. The van der Waals surface area contributed by atoms with Gasteiger partial charge >= 0.3 is 11.7 Å². The van der Waals surface area contributed by atoms with E-state index in [0.717, 1.165) is 0 Å². The summed E-state index contributed by atoms with van der Waals surface area (Å²) in [6, 6.07) is 1.22. The predicted octanol–water partition coefficient (Wildman–Crippen LogP) is 1.88. The molecule has 0 unspecified atom stereocenters. The van der Waals surface area contributed by atoms with Gasteiger partial charge in [0, 0.05) is 12.3 Å². The fourth-order valence-corrected chi connectivity index (χ4v) is 1.01. The molecule has 0 aliphatic heterocycles. The van der Waals surface area contributed by atoms with E-state index in [-0.39, 0.29) is 11.4 Å². The quantitative estimate of drug-likeness (QED) is 0.460. The Morgan fingerprint density at radius 2 is 2.13 bits per heavy atom. The zero-order chi connectivity index (χ0) is 11.6. The summed E-state index contributed by atoms with van der Waals surface area (Å²) in [5, 5.41) is 10.5. The fraction of sp³-hybridized carbons (Fsp3) is 0.444. The molecule has 1 aromatic rings. The van der Waals surface area contributed by atoms with Crippen molar-refractivity contribution in [3.63, 3.8) is 0 Å². The van der Waals surface area contributed by atoms with E-state index in [2.05, 4.69) is 4.98 Å². The molecule has 0 saturated carbocycles. The van der Waals surface area contributed by atoms with Crippen molar-refractivity contribution < 1.29 is 14.5 Å². The monoisotopic (exact) mass is 212 g/mol. The standard InChI is InChI=1S/C9H12N2O4/c1-9(2,3)15-8(12)7-6(11(13)14)4-5-10-7/h4-5,10H,1-3H3. The van der Waals surface area contributed by atoms with Crippen LogP contribution < -0.4 is 0 Å². The van der Waals surface area contributed by atoms with Crippen LogP contribution in [0, 0.1) is 10.1 Å². The van der Waals surface area contributed by atoms with Gasteiger partial charge in [0.15, 0.2) is 0 Å². The molecule has 1 N–H and O–H groups in total. The molecule has 1 heterocycles. The van der Waals surface area contributed by atoms with Crippen molar-refractivity contribution in [2.45, 2.75) is 26.4 Å². The lowest BCUT2D eigenvalue weighted by molar-refractivity contribution is -0.385. The van der Waals surface area contributed by atoms with E-state index in [0.29, 0.717) is 0 Å². The average Bonchev–Trinajstić information content (AvgIpc) is 2.47. The van der Waals surface area contributed by atoms with Gasteiger partial charge in [0.2, 0.25) is 5.69 Å². The van der Waals surface area contributed by atoms with E-state index in [1.54, 1.807) is 20.8 Å².